The second kappa shape index (κ2) is 8.46. The number of fused-ring (bicyclic) bond motifs is 3. The quantitative estimate of drug-likeness (QED) is 0.365. The minimum absolute atomic E-state index is 0. The molecule has 0 saturated heterocycles. The molecule has 0 amide bonds. The molecule has 0 radical (unpaired) electrons. The van der Waals surface area contributed by atoms with Crippen LogP contribution >= 0.6 is 24.0 Å². The Morgan fingerprint density at radius 1 is 1.27 bits per heavy atom. The van der Waals surface area contributed by atoms with Gasteiger partial charge in [-0.05, 0) is 60.0 Å². The molecular formula is C21H32IN3O. The Labute approximate surface area is 174 Å². The molecule has 4 nitrogen and oxygen atoms in total. The monoisotopic (exact) mass is 469 g/mol. The van der Waals surface area contributed by atoms with E-state index in [1.807, 2.05) is 7.05 Å². The van der Waals surface area contributed by atoms with E-state index in [-0.39, 0.29) is 24.0 Å². The summed E-state index contributed by atoms with van der Waals surface area (Å²) in [6.07, 6.45) is 6.38. The van der Waals surface area contributed by atoms with E-state index in [0.29, 0.717) is 5.41 Å². The van der Waals surface area contributed by atoms with Crippen molar-refractivity contribution in [1.82, 2.24) is 10.6 Å². The lowest BCUT2D eigenvalue weighted by Gasteiger charge is -2.42. The predicted molar refractivity (Wildman–Crippen MR) is 117 cm³/mol. The summed E-state index contributed by atoms with van der Waals surface area (Å²) < 4.78 is 5.29. The van der Waals surface area contributed by atoms with Gasteiger partial charge < -0.3 is 15.4 Å². The molecule has 3 aliphatic carbocycles. The standard InChI is InChI=1S/C21H31N3O.HI/c1-22-20(24-14-21(8-5-9-21)10-11-25-2)23-13-18-17-12-15-6-3-4-7-16(15)19(17)18;/h3-4,6-7,17-19H,5,8-14H2,1-2H3,(H2,22,23,24);1H. The number of aliphatic imine (C=N–C) groups is 1. The molecule has 3 aliphatic rings. The molecule has 4 rings (SSSR count). The molecule has 3 unspecified atom stereocenters. The Kier molecular flexibility index (Phi) is 6.49. The zero-order valence-electron chi connectivity index (χ0n) is 16.0. The Hall–Kier alpha value is -0.820. The predicted octanol–water partition coefficient (Wildman–Crippen LogP) is 3.56. The third-order valence-electron chi connectivity index (χ3n) is 6.81. The fourth-order valence-corrected chi connectivity index (χ4v) is 4.98. The van der Waals surface area contributed by atoms with Gasteiger partial charge in [0.1, 0.15) is 0 Å². The number of rotatable bonds is 7. The van der Waals surface area contributed by atoms with Crippen molar-refractivity contribution in [2.45, 2.75) is 38.0 Å². The molecule has 0 spiro atoms. The summed E-state index contributed by atoms with van der Waals surface area (Å²) in [5, 5.41) is 7.15. The van der Waals surface area contributed by atoms with E-state index in [1.54, 1.807) is 18.2 Å². The molecule has 0 aromatic heterocycles. The van der Waals surface area contributed by atoms with Gasteiger partial charge >= 0.3 is 0 Å². The van der Waals surface area contributed by atoms with E-state index in [0.717, 1.165) is 49.8 Å². The van der Waals surface area contributed by atoms with E-state index >= 15 is 0 Å². The third-order valence-corrected chi connectivity index (χ3v) is 6.81. The lowest BCUT2D eigenvalue weighted by atomic mass is 9.67. The average Bonchev–Trinajstić information content (AvgIpc) is 3.14. The SMILES string of the molecule is CN=C(NCC1C2Cc3ccccc3C12)NCC1(CCOC)CCC1.I. The van der Waals surface area contributed by atoms with Gasteiger partial charge in [-0.2, -0.15) is 0 Å². The molecule has 1 aromatic carbocycles. The van der Waals surface area contributed by atoms with Gasteiger partial charge in [-0.25, -0.2) is 0 Å². The van der Waals surface area contributed by atoms with Gasteiger partial charge in [0, 0.05) is 33.9 Å². The lowest BCUT2D eigenvalue weighted by molar-refractivity contribution is 0.0732. The number of benzene rings is 1. The van der Waals surface area contributed by atoms with E-state index < -0.39 is 0 Å². The number of ether oxygens (including phenoxy) is 1. The second-order valence-corrected chi connectivity index (χ2v) is 8.16. The average molecular weight is 469 g/mol. The molecule has 1 aromatic rings. The van der Waals surface area contributed by atoms with E-state index in [2.05, 4.69) is 39.9 Å². The Morgan fingerprint density at radius 3 is 2.77 bits per heavy atom. The number of nitrogens with one attached hydrogen (secondary N) is 2. The summed E-state index contributed by atoms with van der Waals surface area (Å²) in [4.78, 5) is 4.43. The highest BCUT2D eigenvalue weighted by Gasteiger charge is 2.54. The van der Waals surface area contributed by atoms with Crippen LogP contribution in [0.15, 0.2) is 29.3 Å². The molecule has 0 heterocycles. The van der Waals surface area contributed by atoms with Crippen molar-refractivity contribution in [2.24, 2.45) is 22.2 Å². The highest BCUT2D eigenvalue weighted by atomic mass is 127. The topological polar surface area (TPSA) is 45.7 Å². The summed E-state index contributed by atoms with van der Waals surface area (Å²) in [7, 11) is 3.67. The Balaban J connectivity index is 0.00000196. The minimum Gasteiger partial charge on any atom is -0.385 e. The molecular weight excluding hydrogens is 437 g/mol. The van der Waals surface area contributed by atoms with Gasteiger partial charge in [-0.1, -0.05) is 30.7 Å². The maximum absolute atomic E-state index is 5.29. The Morgan fingerprint density at radius 2 is 2.08 bits per heavy atom. The van der Waals surface area contributed by atoms with Crippen LogP contribution in [0.3, 0.4) is 0 Å². The van der Waals surface area contributed by atoms with Crippen molar-refractivity contribution in [2.75, 3.05) is 33.9 Å². The highest BCUT2D eigenvalue weighted by molar-refractivity contribution is 14.0. The molecule has 5 heteroatoms. The lowest BCUT2D eigenvalue weighted by Crippen LogP contribution is -2.47. The van der Waals surface area contributed by atoms with Crippen molar-refractivity contribution >= 4 is 29.9 Å². The largest absolute Gasteiger partial charge is 0.385 e. The number of guanidine groups is 1. The number of methoxy groups -OCH3 is 1. The van der Waals surface area contributed by atoms with Gasteiger partial charge in [-0.3, -0.25) is 4.99 Å². The van der Waals surface area contributed by atoms with Gasteiger partial charge in [0.2, 0.25) is 0 Å². The molecule has 3 atom stereocenters. The fraction of sp³-hybridized carbons (Fsp3) is 0.667. The van der Waals surface area contributed by atoms with E-state index in [9.17, 15) is 0 Å². The first-order valence-electron chi connectivity index (χ1n) is 9.78. The summed E-state index contributed by atoms with van der Waals surface area (Å²) in [5.74, 6) is 3.37. The first-order chi connectivity index (χ1) is 12.3. The van der Waals surface area contributed by atoms with E-state index in [4.69, 9.17) is 4.74 Å². The zero-order chi connectivity index (χ0) is 17.3. The van der Waals surface area contributed by atoms with Crippen molar-refractivity contribution in [3.05, 3.63) is 35.4 Å². The van der Waals surface area contributed by atoms with Crippen LogP contribution in [0.2, 0.25) is 0 Å². The normalized spacial score (nSPS) is 27.6. The zero-order valence-corrected chi connectivity index (χ0v) is 18.3. The van der Waals surface area contributed by atoms with Crippen LogP contribution in [0.5, 0.6) is 0 Å². The fourth-order valence-electron chi connectivity index (χ4n) is 4.98. The molecule has 2 saturated carbocycles. The highest BCUT2D eigenvalue weighted by Crippen LogP contribution is 2.60. The second-order valence-electron chi connectivity index (χ2n) is 8.16. The number of hydrogen-bond acceptors (Lipinski definition) is 2. The number of nitrogens with zero attached hydrogens (tertiary/aromatic N) is 1. The molecule has 144 valence electrons. The van der Waals surface area contributed by atoms with Crippen LogP contribution in [0.4, 0.5) is 0 Å². The maximum atomic E-state index is 5.29. The smallest absolute Gasteiger partial charge is 0.191 e. The molecule has 0 bridgehead atoms. The molecule has 2 N–H and O–H groups in total. The summed E-state index contributed by atoms with van der Waals surface area (Å²) in [6, 6.07) is 8.97. The van der Waals surface area contributed by atoms with Crippen LogP contribution in [0.25, 0.3) is 0 Å². The van der Waals surface area contributed by atoms with E-state index in [1.165, 1.54) is 25.7 Å². The number of halogens is 1. The van der Waals surface area contributed by atoms with Crippen LogP contribution in [0, 0.1) is 17.3 Å². The van der Waals surface area contributed by atoms with Gasteiger partial charge in [0.25, 0.3) is 0 Å². The van der Waals surface area contributed by atoms with Crippen LogP contribution in [-0.4, -0.2) is 39.8 Å². The van der Waals surface area contributed by atoms with Crippen molar-refractivity contribution < 1.29 is 4.74 Å². The minimum atomic E-state index is 0. The first kappa shape index (κ1) is 19.9. The summed E-state index contributed by atoms with van der Waals surface area (Å²) >= 11 is 0. The molecule has 0 aliphatic heterocycles. The molecule has 2 fully saturated rings. The van der Waals surface area contributed by atoms with Crippen LogP contribution in [-0.2, 0) is 11.2 Å². The van der Waals surface area contributed by atoms with Crippen molar-refractivity contribution in [1.29, 1.82) is 0 Å². The van der Waals surface area contributed by atoms with Gasteiger partial charge in [0.15, 0.2) is 5.96 Å². The summed E-state index contributed by atoms with van der Waals surface area (Å²) in [6.45, 7) is 2.91. The maximum Gasteiger partial charge on any atom is 0.191 e. The summed E-state index contributed by atoms with van der Waals surface area (Å²) in [5.41, 5.74) is 3.58. The molecule has 26 heavy (non-hydrogen) atoms. The number of hydrogen-bond donors (Lipinski definition) is 2. The Bertz CT molecular complexity index is 644. The third kappa shape index (κ3) is 3.88. The first-order valence-corrected chi connectivity index (χ1v) is 9.78. The van der Waals surface area contributed by atoms with Gasteiger partial charge in [-0.15, -0.1) is 24.0 Å². The van der Waals surface area contributed by atoms with Gasteiger partial charge in [0.05, 0.1) is 0 Å². The van der Waals surface area contributed by atoms with Crippen LogP contribution < -0.4 is 10.6 Å². The van der Waals surface area contributed by atoms with Crippen molar-refractivity contribution in [3.8, 4) is 0 Å². The van der Waals surface area contributed by atoms with Crippen molar-refractivity contribution in [3.63, 3.8) is 0 Å². The van der Waals surface area contributed by atoms with Crippen LogP contribution in [0.1, 0.15) is 42.7 Å².